The van der Waals surface area contributed by atoms with E-state index in [-0.39, 0.29) is 25.0 Å². The SMILES string of the molecule is C[C@@H](/C=C/CCn1cc(CCO)nn1)[C@]1(O)C(=O)N(Cc2cccc(N3C(=O)CCc4ccccc43)c2)c2ccc(N3C(=O)CCc4ccccc43)cc21. The number of allylic oxidation sites excluding steroid dienone is 1. The van der Waals surface area contributed by atoms with E-state index in [0.29, 0.717) is 67.7 Å². The number of para-hydroxylation sites is 2. The van der Waals surface area contributed by atoms with Crippen molar-refractivity contribution in [3.63, 3.8) is 0 Å². The van der Waals surface area contributed by atoms with E-state index in [4.69, 9.17) is 0 Å². The lowest BCUT2D eigenvalue weighted by Crippen LogP contribution is -2.44. The molecule has 0 spiro atoms. The molecule has 0 bridgehead atoms. The summed E-state index contributed by atoms with van der Waals surface area (Å²) in [4.78, 5) is 46.4. The molecule has 3 aliphatic heterocycles. The van der Waals surface area contributed by atoms with Crippen LogP contribution in [0.1, 0.15) is 54.1 Å². The van der Waals surface area contributed by atoms with Crippen molar-refractivity contribution in [2.45, 2.75) is 64.1 Å². The number of carbonyl (C=O) groups is 3. The molecule has 3 amide bonds. The maximum absolute atomic E-state index is 14.7. The van der Waals surface area contributed by atoms with Crippen molar-refractivity contribution >= 4 is 46.2 Å². The first kappa shape index (κ1) is 35.1. The Kier molecular flexibility index (Phi) is 9.43. The minimum Gasteiger partial charge on any atom is -0.396 e. The van der Waals surface area contributed by atoms with Crippen LogP contribution in [0.15, 0.2) is 109 Å². The molecule has 0 fully saturated rings. The monoisotopic (exact) mass is 722 g/mol. The molecule has 1 aromatic heterocycles. The maximum atomic E-state index is 14.7. The Labute approximate surface area is 313 Å². The van der Waals surface area contributed by atoms with Gasteiger partial charge in [0, 0.05) is 61.5 Å². The molecule has 2 N–H and O–H groups in total. The highest BCUT2D eigenvalue weighted by atomic mass is 16.3. The summed E-state index contributed by atoms with van der Waals surface area (Å²) in [6.07, 6.45) is 8.70. The lowest BCUT2D eigenvalue weighted by Gasteiger charge is -2.31. The normalized spacial score (nSPS) is 18.6. The van der Waals surface area contributed by atoms with Gasteiger partial charge in [0.25, 0.3) is 5.91 Å². The van der Waals surface area contributed by atoms with Crippen molar-refractivity contribution in [3.05, 3.63) is 137 Å². The topological polar surface area (TPSA) is 132 Å². The molecule has 8 rings (SSSR count). The average Bonchev–Trinajstić information content (AvgIpc) is 3.72. The van der Waals surface area contributed by atoms with E-state index in [1.807, 2.05) is 104 Å². The molecule has 5 aromatic rings. The van der Waals surface area contributed by atoms with Crippen molar-refractivity contribution in [3.8, 4) is 0 Å². The van der Waals surface area contributed by atoms with Crippen LogP contribution in [-0.4, -0.2) is 49.5 Å². The zero-order chi connectivity index (χ0) is 37.4. The predicted octanol–water partition coefficient (Wildman–Crippen LogP) is 6.05. The predicted molar refractivity (Wildman–Crippen MR) is 206 cm³/mol. The van der Waals surface area contributed by atoms with E-state index < -0.39 is 17.4 Å². The number of aryl methyl sites for hydroxylation is 3. The Morgan fingerprint density at radius 3 is 2.15 bits per heavy atom. The molecule has 274 valence electrons. The Morgan fingerprint density at radius 2 is 1.46 bits per heavy atom. The Hall–Kier alpha value is -5.91. The second-order valence-electron chi connectivity index (χ2n) is 14.2. The van der Waals surface area contributed by atoms with Crippen molar-refractivity contribution < 1.29 is 24.6 Å². The number of fused-ring (bicyclic) bond motifs is 3. The zero-order valence-electron chi connectivity index (χ0n) is 30.1. The highest BCUT2D eigenvalue weighted by molar-refractivity contribution is 6.09. The fraction of sp³-hybridized carbons (Fsp3) is 0.279. The molecular formula is C43H42N6O5. The van der Waals surface area contributed by atoms with Gasteiger partial charge in [0.2, 0.25) is 11.8 Å². The van der Waals surface area contributed by atoms with E-state index in [2.05, 4.69) is 10.3 Å². The second-order valence-corrected chi connectivity index (χ2v) is 14.2. The van der Waals surface area contributed by atoms with Gasteiger partial charge in [-0.3, -0.25) is 28.9 Å². The third kappa shape index (κ3) is 6.29. The number of hydrogen-bond acceptors (Lipinski definition) is 7. The molecule has 0 aliphatic carbocycles. The first-order chi connectivity index (χ1) is 26.3. The molecule has 0 saturated carbocycles. The van der Waals surface area contributed by atoms with Gasteiger partial charge in [0.05, 0.1) is 29.3 Å². The molecule has 3 aliphatic rings. The molecule has 2 atom stereocenters. The van der Waals surface area contributed by atoms with E-state index >= 15 is 0 Å². The van der Waals surface area contributed by atoms with E-state index in [9.17, 15) is 24.6 Å². The van der Waals surface area contributed by atoms with Gasteiger partial charge in [-0.15, -0.1) is 5.10 Å². The van der Waals surface area contributed by atoms with Gasteiger partial charge in [-0.05, 0) is 78.4 Å². The number of amides is 3. The van der Waals surface area contributed by atoms with Gasteiger partial charge in [-0.25, -0.2) is 0 Å². The highest BCUT2D eigenvalue weighted by Crippen LogP contribution is 2.48. The Morgan fingerprint density at radius 1 is 0.796 bits per heavy atom. The fourth-order valence-corrected chi connectivity index (χ4v) is 7.95. The quantitative estimate of drug-likeness (QED) is 0.159. The summed E-state index contributed by atoms with van der Waals surface area (Å²) >= 11 is 0. The van der Waals surface area contributed by atoms with Crippen molar-refractivity contribution in [1.82, 2.24) is 15.0 Å². The van der Waals surface area contributed by atoms with Crippen LogP contribution in [-0.2, 0) is 52.3 Å². The van der Waals surface area contributed by atoms with E-state index in [1.54, 1.807) is 31.6 Å². The molecule has 4 aromatic carbocycles. The zero-order valence-corrected chi connectivity index (χ0v) is 30.1. The summed E-state index contributed by atoms with van der Waals surface area (Å²) in [5, 5.41) is 30.0. The molecule has 11 nitrogen and oxygen atoms in total. The number of rotatable bonds is 11. The molecular weight excluding hydrogens is 681 g/mol. The van der Waals surface area contributed by atoms with Gasteiger partial charge in [0.15, 0.2) is 5.60 Å². The van der Waals surface area contributed by atoms with Crippen molar-refractivity contribution in [2.75, 3.05) is 21.3 Å². The van der Waals surface area contributed by atoms with Crippen LogP contribution in [0, 0.1) is 5.92 Å². The number of anilines is 5. The molecule has 0 unspecified atom stereocenters. The summed E-state index contributed by atoms with van der Waals surface area (Å²) in [6, 6.07) is 28.8. The van der Waals surface area contributed by atoms with Crippen LogP contribution < -0.4 is 14.7 Å². The van der Waals surface area contributed by atoms with Crippen LogP contribution in [0.4, 0.5) is 28.4 Å². The van der Waals surface area contributed by atoms with Gasteiger partial charge in [-0.1, -0.05) is 72.8 Å². The smallest absolute Gasteiger partial charge is 0.264 e. The number of aliphatic hydroxyl groups is 2. The average molecular weight is 723 g/mol. The lowest BCUT2D eigenvalue weighted by atomic mass is 9.82. The number of nitrogens with zero attached hydrogens (tertiary/aromatic N) is 6. The molecule has 54 heavy (non-hydrogen) atoms. The first-order valence-electron chi connectivity index (χ1n) is 18.5. The summed E-state index contributed by atoms with van der Waals surface area (Å²) in [6.45, 7) is 2.52. The summed E-state index contributed by atoms with van der Waals surface area (Å²) in [7, 11) is 0. The maximum Gasteiger partial charge on any atom is 0.264 e. The lowest BCUT2D eigenvalue weighted by molar-refractivity contribution is -0.139. The third-order valence-electron chi connectivity index (χ3n) is 10.8. The number of hydrogen-bond donors (Lipinski definition) is 2. The van der Waals surface area contributed by atoms with Gasteiger partial charge in [0.1, 0.15) is 0 Å². The number of carbonyl (C=O) groups excluding carboxylic acids is 3. The van der Waals surface area contributed by atoms with Gasteiger partial charge < -0.3 is 15.1 Å². The molecule has 0 saturated heterocycles. The van der Waals surface area contributed by atoms with Crippen LogP contribution in [0.2, 0.25) is 0 Å². The summed E-state index contributed by atoms with van der Waals surface area (Å²) in [5.74, 6) is -1.14. The van der Waals surface area contributed by atoms with Crippen LogP contribution in [0.3, 0.4) is 0 Å². The second kappa shape index (κ2) is 14.5. The molecule has 0 radical (unpaired) electrons. The Bertz CT molecular complexity index is 2280. The summed E-state index contributed by atoms with van der Waals surface area (Å²) in [5.41, 5.74) is 5.71. The fourth-order valence-electron chi connectivity index (χ4n) is 7.95. The van der Waals surface area contributed by atoms with Gasteiger partial charge >= 0.3 is 0 Å². The van der Waals surface area contributed by atoms with Crippen molar-refractivity contribution in [2.24, 2.45) is 5.92 Å². The van der Waals surface area contributed by atoms with Gasteiger partial charge in [-0.2, -0.15) is 0 Å². The first-order valence-corrected chi connectivity index (χ1v) is 18.5. The summed E-state index contributed by atoms with van der Waals surface area (Å²) < 4.78 is 1.70. The van der Waals surface area contributed by atoms with E-state index in [0.717, 1.165) is 33.8 Å². The molecule has 4 heterocycles. The van der Waals surface area contributed by atoms with Crippen LogP contribution >= 0.6 is 0 Å². The van der Waals surface area contributed by atoms with Crippen molar-refractivity contribution in [1.29, 1.82) is 0 Å². The highest BCUT2D eigenvalue weighted by Gasteiger charge is 2.53. The minimum atomic E-state index is -1.93. The standard InChI is InChI=1S/C43H42N6O5/c1-29(9-6-7-23-46-28-33(22-24-50)44-45-46)43(54)36-26-35(49-38-15-5-3-12-32(38)17-21-41(49)52)18-19-39(36)47(42(43)53)27-30-10-8-13-34(25-30)48-37-14-4-2-11-31(37)16-20-40(48)51/h2-6,8-15,18-19,25-26,28-29,50,54H,7,16-17,20-24,27H2,1H3/b9-6+/t29-,43+/m0/s1. The third-order valence-corrected chi connectivity index (χ3v) is 10.8. The van der Waals surface area contributed by atoms with Crippen LogP contribution in [0.25, 0.3) is 0 Å². The minimum absolute atomic E-state index is 0.000554. The molecule has 11 heteroatoms. The largest absolute Gasteiger partial charge is 0.396 e. The number of aliphatic hydroxyl groups excluding tert-OH is 1. The number of aromatic nitrogens is 3. The Balaban J connectivity index is 1.13. The van der Waals surface area contributed by atoms with E-state index in [1.165, 1.54) is 0 Å². The number of benzene rings is 4. The van der Waals surface area contributed by atoms with Crippen LogP contribution in [0.5, 0.6) is 0 Å².